The first-order valence-corrected chi connectivity index (χ1v) is 6.47. The van der Waals surface area contributed by atoms with E-state index in [9.17, 15) is 4.79 Å². The summed E-state index contributed by atoms with van der Waals surface area (Å²) in [6, 6.07) is 15.0. The van der Waals surface area contributed by atoms with Gasteiger partial charge in [0, 0.05) is 18.0 Å². The third-order valence-corrected chi connectivity index (χ3v) is 2.90. The van der Waals surface area contributed by atoms with E-state index in [-0.39, 0.29) is 5.97 Å². The van der Waals surface area contributed by atoms with E-state index >= 15 is 0 Å². The molecule has 0 saturated carbocycles. The summed E-state index contributed by atoms with van der Waals surface area (Å²) in [4.78, 5) is 19.5. The van der Waals surface area contributed by atoms with E-state index in [4.69, 9.17) is 4.74 Å². The van der Waals surface area contributed by atoms with Gasteiger partial charge in [0.25, 0.3) is 0 Å². The maximum Gasteiger partial charge on any atom is 0.308 e. The molecule has 0 fully saturated rings. The molecule has 0 atom stereocenters. The van der Waals surface area contributed by atoms with Crippen LogP contribution in [0.1, 0.15) is 6.92 Å². The predicted octanol–water partition coefficient (Wildman–Crippen LogP) is 3.30. The molecule has 0 bridgehead atoms. The highest BCUT2D eigenvalue weighted by molar-refractivity contribution is 5.92. The van der Waals surface area contributed by atoms with E-state index in [1.807, 2.05) is 30.3 Å². The minimum atomic E-state index is -0.358. The van der Waals surface area contributed by atoms with Gasteiger partial charge in [-0.05, 0) is 30.3 Å². The first kappa shape index (κ1) is 13.1. The van der Waals surface area contributed by atoms with Gasteiger partial charge in [-0.15, -0.1) is 0 Å². The zero-order chi connectivity index (χ0) is 14.7. The van der Waals surface area contributed by atoms with E-state index in [0.29, 0.717) is 11.6 Å². The number of benzene rings is 2. The van der Waals surface area contributed by atoms with Gasteiger partial charge in [0.05, 0.1) is 5.52 Å². The molecular formula is C16H13N3O2. The largest absolute Gasteiger partial charge is 0.427 e. The lowest BCUT2D eigenvalue weighted by atomic mass is 10.2. The summed E-state index contributed by atoms with van der Waals surface area (Å²) in [5, 5.41) is 4.03. The van der Waals surface area contributed by atoms with Crippen molar-refractivity contribution in [2.75, 3.05) is 5.32 Å². The van der Waals surface area contributed by atoms with Crippen molar-refractivity contribution in [3.05, 3.63) is 54.9 Å². The summed E-state index contributed by atoms with van der Waals surface area (Å²) >= 11 is 0. The fraction of sp³-hybridized carbons (Fsp3) is 0.0625. The fourth-order valence-electron chi connectivity index (χ4n) is 2.02. The number of fused-ring (bicyclic) bond motifs is 1. The van der Waals surface area contributed by atoms with Crippen molar-refractivity contribution in [2.24, 2.45) is 0 Å². The first-order chi connectivity index (χ1) is 10.2. The molecule has 5 heteroatoms. The second kappa shape index (κ2) is 5.58. The van der Waals surface area contributed by atoms with Crippen molar-refractivity contribution >= 4 is 28.4 Å². The van der Waals surface area contributed by atoms with Crippen LogP contribution in [0.2, 0.25) is 0 Å². The minimum absolute atomic E-state index is 0.358. The van der Waals surface area contributed by atoms with Gasteiger partial charge in [-0.1, -0.05) is 18.2 Å². The maximum atomic E-state index is 11.1. The summed E-state index contributed by atoms with van der Waals surface area (Å²) in [5.74, 6) is 0.782. The van der Waals surface area contributed by atoms with E-state index in [1.165, 1.54) is 13.3 Å². The molecular weight excluding hydrogens is 266 g/mol. The molecule has 3 aromatic rings. The number of ether oxygens (including phenoxy) is 1. The highest BCUT2D eigenvalue weighted by Gasteiger charge is 2.07. The van der Waals surface area contributed by atoms with Crippen LogP contribution in [0.3, 0.4) is 0 Å². The SMILES string of the molecule is CC(=O)Oc1ccc2ncnc(Nc3ccccc3)c2c1. The second-order valence-corrected chi connectivity index (χ2v) is 4.49. The average Bonchev–Trinajstić information content (AvgIpc) is 2.48. The lowest BCUT2D eigenvalue weighted by Crippen LogP contribution is -2.02. The van der Waals surface area contributed by atoms with E-state index in [1.54, 1.807) is 18.2 Å². The topological polar surface area (TPSA) is 64.1 Å². The number of para-hydroxylation sites is 1. The molecule has 0 aliphatic carbocycles. The number of hydrogen-bond acceptors (Lipinski definition) is 5. The summed E-state index contributed by atoms with van der Waals surface area (Å²) in [7, 11) is 0. The van der Waals surface area contributed by atoms with Crippen LogP contribution in [0.15, 0.2) is 54.9 Å². The van der Waals surface area contributed by atoms with Crippen LogP contribution in [0, 0.1) is 0 Å². The van der Waals surface area contributed by atoms with Crippen LogP contribution >= 0.6 is 0 Å². The zero-order valence-electron chi connectivity index (χ0n) is 11.4. The van der Waals surface area contributed by atoms with Crippen LogP contribution in [0.5, 0.6) is 5.75 Å². The summed E-state index contributed by atoms with van der Waals surface area (Å²) in [6.07, 6.45) is 1.50. The van der Waals surface area contributed by atoms with Gasteiger partial charge in [0.1, 0.15) is 17.9 Å². The Balaban J connectivity index is 2.03. The fourth-order valence-corrected chi connectivity index (χ4v) is 2.02. The second-order valence-electron chi connectivity index (χ2n) is 4.49. The molecule has 21 heavy (non-hydrogen) atoms. The Morgan fingerprint density at radius 1 is 1.10 bits per heavy atom. The Labute approximate surface area is 121 Å². The Morgan fingerprint density at radius 3 is 2.67 bits per heavy atom. The monoisotopic (exact) mass is 279 g/mol. The Hall–Kier alpha value is -2.95. The number of carbonyl (C=O) groups is 1. The van der Waals surface area contributed by atoms with Crippen LogP contribution < -0.4 is 10.1 Å². The van der Waals surface area contributed by atoms with E-state index in [2.05, 4.69) is 15.3 Å². The predicted molar refractivity (Wildman–Crippen MR) is 80.6 cm³/mol. The molecule has 0 saturated heterocycles. The van der Waals surface area contributed by atoms with E-state index < -0.39 is 0 Å². The van der Waals surface area contributed by atoms with Crippen molar-refractivity contribution in [1.29, 1.82) is 0 Å². The highest BCUT2D eigenvalue weighted by Crippen LogP contribution is 2.26. The summed E-state index contributed by atoms with van der Waals surface area (Å²) in [6.45, 7) is 1.37. The Morgan fingerprint density at radius 2 is 1.90 bits per heavy atom. The Bertz CT molecular complexity index is 788. The molecule has 104 valence electrons. The standard InChI is InChI=1S/C16H13N3O2/c1-11(20)21-13-7-8-15-14(9-13)16(18-10-17-15)19-12-5-3-2-4-6-12/h2-10H,1H3,(H,17,18,19). The molecule has 1 aromatic heterocycles. The minimum Gasteiger partial charge on any atom is -0.427 e. The smallest absolute Gasteiger partial charge is 0.308 e. The maximum absolute atomic E-state index is 11.1. The van der Waals surface area contributed by atoms with Crippen molar-refractivity contribution in [3.8, 4) is 5.75 Å². The van der Waals surface area contributed by atoms with Crippen LogP contribution in [-0.2, 0) is 4.79 Å². The van der Waals surface area contributed by atoms with Crippen LogP contribution in [-0.4, -0.2) is 15.9 Å². The third kappa shape index (κ3) is 2.97. The van der Waals surface area contributed by atoms with Crippen molar-refractivity contribution in [3.63, 3.8) is 0 Å². The number of aromatic nitrogens is 2. The van der Waals surface area contributed by atoms with Gasteiger partial charge in [-0.2, -0.15) is 0 Å². The van der Waals surface area contributed by atoms with Crippen molar-refractivity contribution in [1.82, 2.24) is 9.97 Å². The molecule has 2 aromatic carbocycles. The normalized spacial score (nSPS) is 10.3. The number of esters is 1. The average molecular weight is 279 g/mol. The van der Waals surface area contributed by atoms with Crippen molar-refractivity contribution < 1.29 is 9.53 Å². The number of nitrogens with one attached hydrogen (secondary N) is 1. The number of nitrogens with zero attached hydrogens (tertiary/aromatic N) is 2. The molecule has 1 N–H and O–H groups in total. The van der Waals surface area contributed by atoms with Gasteiger partial charge >= 0.3 is 5.97 Å². The lowest BCUT2D eigenvalue weighted by Gasteiger charge is -2.09. The summed E-state index contributed by atoms with van der Waals surface area (Å²) in [5.41, 5.74) is 1.70. The molecule has 0 unspecified atom stereocenters. The zero-order valence-corrected chi connectivity index (χ0v) is 11.4. The number of hydrogen-bond donors (Lipinski definition) is 1. The molecule has 3 rings (SSSR count). The molecule has 0 aliphatic rings. The number of anilines is 2. The molecule has 0 spiro atoms. The quantitative estimate of drug-likeness (QED) is 0.588. The lowest BCUT2D eigenvalue weighted by molar-refractivity contribution is -0.131. The molecule has 0 aliphatic heterocycles. The molecule has 0 radical (unpaired) electrons. The van der Waals surface area contributed by atoms with Crippen molar-refractivity contribution in [2.45, 2.75) is 6.92 Å². The summed E-state index contributed by atoms with van der Waals surface area (Å²) < 4.78 is 5.11. The van der Waals surface area contributed by atoms with Gasteiger partial charge in [-0.25, -0.2) is 9.97 Å². The number of carbonyl (C=O) groups excluding carboxylic acids is 1. The molecule has 0 amide bonds. The van der Waals surface area contributed by atoms with Gasteiger partial charge < -0.3 is 10.1 Å². The van der Waals surface area contributed by atoms with E-state index in [0.717, 1.165) is 16.6 Å². The highest BCUT2D eigenvalue weighted by atomic mass is 16.5. The van der Waals surface area contributed by atoms with Crippen LogP contribution in [0.25, 0.3) is 10.9 Å². The first-order valence-electron chi connectivity index (χ1n) is 6.47. The third-order valence-electron chi connectivity index (χ3n) is 2.90. The molecule has 1 heterocycles. The van der Waals surface area contributed by atoms with Crippen LogP contribution in [0.4, 0.5) is 11.5 Å². The van der Waals surface area contributed by atoms with Gasteiger partial charge in [-0.3, -0.25) is 4.79 Å². The van der Waals surface area contributed by atoms with Gasteiger partial charge in [0.15, 0.2) is 0 Å². The molecule has 5 nitrogen and oxygen atoms in total. The number of rotatable bonds is 3. The van der Waals surface area contributed by atoms with Gasteiger partial charge in [0.2, 0.25) is 0 Å². The Kier molecular flexibility index (Phi) is 3.47.